The van der Waals surface area contributed by atoms with E-state index in [2.05, 4.69) is 0 Å². The van der Waals surface area contributed by atoms with Gasteiger partial charge in [-0.05, 0) is 0 Å². The van der Waals surface area contributed by atoms with Crippen molar-refractivity contribution in [2.75, 3.05) is 0 Å². The second-order valence-electron chi connectivity index (χ2n) is 0. The van der Waals surface area contributed by atoms with Gasteiger partial charge in [-0.2, -0.15) is 0 Å². The largest absolute Gasteiger partial charge is 0 e. The smallest absolute Gasteiger partial charge is 0 e. The van der Waals surface area contributed by atoms with Crippen molar-refractivity contribution in [2.45, 2.75) is 0 Å². The molecule has 0 bridgehead atoms. The summed E-state index contributed by atoms with van der Waals surface area (Å²) in [7, 11) is 0. The molecule has 0 saturated carbocycles. The molecular weight excluding hydrogens is 2050 g/mol. The monoisotopic (exact) mass is 2060 g/mol. The van der Waals surface area contributed by atoms with Gasteiger partial charge in [0.2, 0.25) is 0 Å². The molecule has 153 valence electrons. The predicted octanol–water partition coefficient (Wildman–Crippen LogP) is -3.13. The first-order valence-corrected chi connectivity index (χ1v) is 0. The molecule has 0 amide bonds. The van der Waals surface area contributed by atoms with Gasteiger partial charge in [0.15, 0.2) is 0 Å². The van der Waals surface area contributed by atoms with Crippen LogP contribution in [-0.2, 0) is 311 Å². The summed E-state index contributed by atoms with van der Waals surface area (Å²) in [5, 5.41) is 0. The van der Waals surface area contributed by atoms with Gasteiger partial charge in [-0.3, -0.25) is 0 Å². The molecule has 0 heterocycles. The quantitative estimate of drug-likeness (QED) is 0.226. The molecule has 0 atom stereocenters. The van der Waals surface area contributed by atoms with Crippen LogP contribution in [0.5, 0.6) is 0 Å². The Morgan fingerprint density at radius 3 is 1.00 bits per heavy atom. The average molecular weight is 2050 g/mol. The van der Waals surface area contributed by atoms with Crippen molar-refractivity contribution in [3.8, 4) is 0 Å². The number of hydrogen-bond acceptors (Lipinski definition) is 0. The number of hydrogen-bond donors (Lipinski definition) is 0. The maximum absolute atomic E-state index is 0. The normalized spacial score (nSPS) is 0. The van der Waals surface area contributed by atoms with E-state index >= 15 is 0 Å². The van der Waals surface area contributed by atoms with Gasteiger partial charge in [-0.15, -0.1) is 0 Å². The molecule has 0 aromatic rings. The van der Waals surface area contributed by atoms with Crippen LogP contribution in [0.25, 0.3) is 0 Å². The van der Waals surface area contributed by atoms with E-state index in [1.807, 2.05) is 0 Å². The maximum atomic E-state index is 0. The molecule has 22 heavy (non-hydrogen) atoms. The summed E-state index contributed by atoms with van der Waals surface area (Å²) in [6.45, 7) is 0. The summed E-state index contributed by atoms with van der Waals surface area (Å²) < 4.78 is 0. The summed E-state index contributed by atoms with van der Waals surface area (Å²) in [4.78, 5) is 0. The molecule has 0 nitrogen and oxygen atoms in total. The Hall–Kier alpha value is 13.6. The Balaban J connectivity index is 0. The molecule has 0 rings (SSSR count). The molecule has 0 aliphatic carbocycles. The van der Waals surface area contributed by atoms with E-state index in [0.717, 1.165) is 0 Å². The molecule has 19 radical (unpaired) electrons. The van der Waals surface area contributed by atoms with E-state index in [1.54, 1.807) is 0 Å². The van der Waals surface area contributed by atoms with Crippen molar-refractivity contribution in [2.24, 2.45) is 0 Å². The van der Waals surface area contributed by atoms with Crippen LogP contribution in [0.2, 0.25) is 0 Å². The van der Waals surface area contributed by atoms with Crippen LogP contribution < -0.4 is 0 Å². The van der Waals surface area contributed by atoms with Gasteiger partial charge in [0.05, 0.1) is 0 Å². The Labute approximate surface area is 418 Å². The van der Waals surface area contributed by atoms with Crippen LogP contribution >= 0.6 is 0 Å². The van der Waals surface area contributed by atoms with E-state index in [4.69, 9.17) is 0 Å². The summed E-state index contributed by atoms with van der Waals surface area (Å²) in [6.07, 6.45) is 0. The second kappa shape index (κ2) is 211. The zero-order valence-corrected chi connectivity index (χ0v) is 44.2. The van der Waals surface area contributed by atoms with Gasteiger partial charge in [0.1, 0.15) is 0 Å². The Bertz CT molecular complexity index is 98.1. The molecule has 0 fully saturated rings. The molecular formula is H3AgAlAuBeCoCrCuFeIrLiMoNiOsPdPtRhSbSnTeTiVZn. The van der Waals surface area contributed by atoms with E-state index in [0.29, 0.717) is 0 Å². The van der Waals surface area contributed by atoms with Gasteiger partial charge < -0.3 is 0 Å². The molecule has 22 heteroatoms. The molecule has 0 aromatic carbocycles. The van der Waals surface area contributed by atoms with Crippen molar-refractivity contribution < 1.29 is 311 Å². The van der Waals surface area contributed by atoms with Crippen LogP contribution in [-0.4, -0.2) is 118 Å². The van der Waals surface area contributed by atoms with Crippen molar-refractivity contribution in [3.63, 3.8) is 0 Å². The van der Waals surface area contributed by atoms with E-state index < -0.39 is 0 Å². The third kappa shape index (κ3) is 193. The third-order valence-corrected chi connectivity index (χ3v) is 0. The topological polar surface area (TPSA) is 0 Å². The van der Waals surface area contributed by atoms with Crippen LogP contribution in [0.4, 0.5) is 0 Å². The van der Waals surface area contributed by atoms with Gasteiger partial charge in [-0.1, -0.05) is 0 Å². The van der Waals surface area contributed by atoms with Crippen LogP contribution in [0.15, 0.2) is 0 Å². The van der Waals surface area contributed by atoms with Crippen LogP contribution in [0, 0.1) is 0 Å². The Morgan fingerprint density at radius 1 is 1.00 bits per heavy atom. The van der Waals surface area contributed by atoms with E-state index in [9.17, 15) is 0 Å². The summed E-state index contributed by atoms with van der Waals surface area (Å²) in [6, 6.07) is 0. The standard InChI is InChI=1S/Ag.Al.Au.Be.Co.Cr.Cu.Fe.Ir.Li.Mo.Ni.Os.Pd.Pt.Rh.Sb.Sn.Te.Ti.V.Zn.3H. The third-order valence-electron chi connectivity index (χ3n) is 0. The molecule has 0 aromatic heterocycles. The van der Waals surface area contributed by atoms with Crippen molar-refractivity contribution in [1.29, 1.82) is 0 Å². The van der Waals surface area contributed by atoms with Crippen LogP contribution in [0.1, 0.15) is 0 Å². The zero-order chi connectivity index (χ0) is 0. The minimum absolute atomic E-state index is 0. The van der Waals surface area contributed by atoms with Gasteiger partial charge >= 0.3 is 29.0 Å². The minimum atomic E-state index is 0. The first kappa shape index (κ1) is 230. The fourth-order valence-corrected chi connectivity index (χ4v) is 0. The SMILES string of the molecule is [Ag].[Al].[Au].[BeH2].[Co].[Cr].[Cu].[Fe].[Ir].[LiH].[Mo].[Ni].[Os].[Pd].[Pt].[Rh].[Sb].[Sn].[Te].[Ti].[V].[Zn]. The molecule has 0 saturated heterocycles. The summed E-state index contributed by atoms with van der Waals surface area (Å²) >= 11 is 0. The fraction of sp³-hybridized carbons (Fsp3) is 0. The molecule has 0 N–H and O–H groups in total. The van der Waals surface area contributed by atoms with Gasteiger partial charge in [0.25, 0.3) is 0 Å². The van der Waals surface area contributed by atoms with Gasteiger partial charge in [-0.25, -0.2) is 0 Å². The molecule has 0 aliphatic rings. The summed E-state index contributed by atoms with van der Waals surface area (Å²) in [5.41, 5.74) is 0. The van der Waals surface area contributed by atoms with Crippen molar-refractivity contribution >= 4 is 118 Å². The average Bonchev–Trinajstić information content (AvgIpc) is 0. The second-order valence-corrected chi connectivity index (χ2v) is 0. The number of rotatable bonds is 0. The Kier molecular flexibility index (Phi) is 2200. The summed E-state index contributed by atoms with van der Waals surface area (Å²) in [5.74, 6) is 0. The predicted molar refractivity (Wildman–Crippen MR) is 38.7 cm³/mol. The minimum Gasteiger partial charge on any atom is 0 e. The van der Waals surface area contributed by atoms with E-state index in [1.165, 1.54) is 0 Å². The van der Waals surface area contributed by atoms with Crippen molar-refractivity contribution in [1.82, 2.24) is 0 Å². The molecule has 0 aliphatic heterocycles. The molecule has 0 unspecified atom stereocenters. The first-order chi connectivity index (χ1) is 0. The van der Waals surface area contributed by atoms with Gasteiger partial charge in [0, 0.05) is 401 Å². The van der Waals surface area contributed by atoms with Crippen molar-refractivity contribution in [3.05, 3.63) is 0 Å². The molecule has 0 spiro atoms. The Morgan fingerprint density at radius 2 is 1.00 bits per heavy atom. The van der Waals surface area contributed by atoms with Crippen LogP contribution in [0.3, 0.4) is 0 Å². The van der Waals surface area contributed by atoms with E-state index in [-0.39, 0.29) is 430 Å². The fourth-order valence-electron chi connectivity index (χ4n) is 0. The maximum Gasteiger partial charge on any atom is 0 e. The zero-order valence-electron chi connectivity index (χ0n) is 7.96. The first-order valence-electron chi connectivity index (χ1n) is 0.